The van der Waals surface area contributed by atoms with Gasteiger partial charge in [0.05, 0.1) is 13.3 Å². The maximum atomic E-state index is 12.0. The first kappa shape index (κ1) is 12.9. The number of nitrogens with one attached hydrogen (secondary N) is 1. The lowest BCUT2D eigenvalue weighted by atomic mass is 10.2. The predicted octanol–water partition coefficient (Wildman–Crippen LogP) is 0.980. The summed E-state index contributed by atoms with van der Waals surface area (Å²) in [6, 6.07) is 0. The maximum Gasteiger partial charge on any atom is 0.573 e. The summed E-state index contributed by atoms with van der Waals surface area (Å²) >= 11 is 0. The van der Waals surface area contributed by atoms with Gasteiger partial charge in [-0.3, -0.25) is 4.79 Å². The molecule has 17 heavy (non-hydrogen) atoms. The van der Waals surface area contributed by atoms with Gasteiger partial charge in [0.25, 0.3) is 5.56 Å². The second-order valence-corrected chi connectivity index (χ2v) is 2.74. The molecule has 0 aliphatic carbocycles. The van der Waals surface area contributed by atoms with Crippen LogP contribution in [0.2, 0.25) is 0 Å². The van der Waals surface area contributed by atoms with Crippen LogP contribution in [0, 0.1) is 0 Å². The normalized spacial score (nSPS) is 11.1. The lowest BCUT2D eigenvalue weighted by Crippen LogP contribution is -2.24. The Morgan fingerprint density at radius 1 is 1.47 bits per heavy atom. The Bertz CT molecular complexity index is 493. The molecular weight excluding hydrogens is 247 g/mol. The Labute approximate surface area is 91.6 Å². The molecule has 0 unspecified atom stereocenters. The van der Waals surface area contributed by atoms with E-state index in [4.69, 9.17) is 5.11 Å². The molecule has 0 aliphatic rings. The zero-order chi connectivity index (χ0) is 13.2. The highest BCUT2D eigenvalue weighted by Gasteiger charge is 2.36. The van der Waals surface area contributed by atoms with Gasteiger partial charge < -0.3 is 19.6 Å². The molecule has 9 heteroatoms. The highest BCUT2D eigenvalue weighted by atomic mass is 19.4. The summed E-state index contributed by atoms with van der Waals surface area (Å²) in [6.07, 6.45) is -4.36. The van der Waals surface area contributed by atoms with Crippen LogP contribution in [0.1, 0.15) is 10.4 Å². The summed E-state index contributed by atoms with van der Waals surface area (Å²) in [5.74, 6) is -3.58. The minimum atomic E-state index is -5.13. The quantitative estimate of drug-likeness (QED) is 0.838. The molecule has 0 spiro atoms. The standard InChI is InChI=1S/C8H6F3NO5/c1-16-3-2-12-6(13)4(7(14)15)5(3)17-8(9,10)11/h2H,1H3,(H,12,13)(H,14,15). The molecule has 0 saturated heterocycles. The van der Waals surface area contributed by atoms with Crippen LogP contribution in [0.25, 0.3) is 0 Å². The number of aromatic amines is 1. The molecule has 1 heterocycles. The maximum absolute atomic E-state index is 12.0. The molecule has 6 nitrogen and oxygen atoms in total. The van der Waals surface area contributed by atoms with Crippen molar-refractivity contribution < 1.29 is 32.5 Å². The van der Waals surface area contributed by atoms with Gasteiger partial charge in [0.15, 0.2) is 17.1 Å². The molecule has 0 amide bonds. The molecular formula is C8H6F3NO5. The third-order valence-corrected chi connectivity index (χ3v) is 1.66. The Morgan fingerprint density at radius 2 is 2.06 bits per heavy atom. The third kappa shape index (κ3) is 2.89. The van der Waals surface area contributed by atoms with Crippen molar-refractivity contribution >= 4 is 5.97 Å². The van der Waals surface area contributed by atoms with Crippen molar-refractivity contribution in [1.29, 1.82) is 0 Å². The summed E-state index contributed by atoms with van der Waals surface area (Å²) < 4.78 is 44.1. The van der Waals surface area contributed by atoms with Crippen molar-refractivity contribution in [2.75, 3.05) is 7.11 Å². The molecule has 0 bridgehead atoms. The second kappa shape index (κ2) is 4.36. The van der Waals surface area contributed by atoms with Crippen molar-refractivity contribution in [3.8, 4) is 11.5 Å². The van der Waals surface area contributed by atoms with E-state index in [0.717, 1.165) is 13.3 Å². The van der Waals surface area contributed by atoms with Crippen molar-refractivity contribution in [1.82, 2.24) is 4.98 Å². The minimum absolute atomic E-state index is 0.542. The van der Waals surface area contributed by atoms with Gasteiger partial charge in [0.2, 0.25) is 0 Å². The van der Waals surface area contributed by atoms with Crippen LogP contribution in [-0.2, 0) is 0 Å². The number of hydrogen-bond acceptors (Lipinski definition) is 4. The van der Waals surface area contributed by atoms with Crippen molar-refractivity contribution in [3.05, 3.63) is 22.1 Å². The van der Waals surface area contributed by atoms with E-state index in [0.29, 0.717) is 0 Å². The Hall–Kier alpha value is -2.19. The average molecular weight is 253 g/mol. The number of hydrogen-bond donors (Lipinski definition) is 2. The smallest absolute Gasteiger partial charge is 0.491 e. The molecule has 1 aromatic heterocycles. The van der Waals surface area contributed by atoms with Gasteiger partial charge >= 0.3 is 12.3 Å². The SMILES string of the molecule is COc1c[nH]c(=O)c(C(=O)O)c1OC(F)(F)F. The Kier molecular flexibility index (Phi) is 3.30. The number of pyridine rings is 1. The van der Waals surface area contributed by atoms with Crippen LogP contribution in [0.15, 0.2) is 11.0 Å². The van der Waals surface area contributed by atoms with Crippen molar-refractivity contribution in [2.45, 2.75) is 6.36 Å². The van der Waals surface area contributed by atoms with Gasteiger partial charge in [-0.1, -0.05) is 0 Å². The van der Waals surface area contributed by atoms with Crippen LogP contribution in [-0.4, -0.2) is 29.5 Å². The van der Waals surface area contributed by atoms with E-state index < -0.39 is 35.0 Å². The first-order chi connectivity index (χ1) is 7.76. The Balaban J connectivity index is 3.46. The van der Waals surface area contributed by atoms with Gasteiger partial charge in [0.1, 0.15) is 0 Å². The molecule has 0 aliphatic heterocycles. The summed E-state index contributed by atoms with van der Waals surface area (Å²) in [6.45, 7) is 0. The zero-order valence-corrected chi connectivity index (χ0v) is 8.29. The lowest BCUT2D eigenvalue weighted by molar-refractivity contribution is -0.275. The fourth-order valence-corrected chi connectivity index (χ4v) is 1.06. The van der Waals surface area contributed by atoms with Crippen LogP contribution in [0.3, 0.4) is 0 Å². The van der Waals surface area contributed by atoms with E-state index in [1.807, 2.05) is 4.98 Å². The predicted molar refractivity (Wildman–Crippen MR) is 47.3 cm³/mol. The van der Waals surface area contributed by atoms with E-state index in [2.05, 4.69) is 9.47 Å². The van der Waals surface area contributed by atoms with E-state index in [1.165, 1.54) is 0 Å². The van der Waals surface area contributed by atoms with Gasteiger partial charge in [-0.05, 0) is 0 Å². The average Bonchev–Trinajstić information content (AvgIpc) is 2.15. The fraction of sp³-hybridized carbons (Fsp3) is 0.250. The van der Waals surface area contributed by atoms with Gasteiger partial charge in [-0.2, -0.15) is 0 Å². The molecule has 0 atom stereocenters. The molecule has 1 rings (SSSR count). The van der Waals surface area contributed by atoms with Gasteiger partial charge in [0, 0.05) is 0 Å². The summed E-state index contributed by atoms with van der Waals surface area (Å²) in [5.41, 5.74) is -2.40. The van der Waals surface area contributed by atoms with Gasteiger partial charge in [-0.15, -0.1) is 13.2 Å². The van der Waals surface area contributed by atoms with E-state index in [1.54, 1.807) is 0 Å². The first-order valence-corrected chi connectivity index (χ1v) is 4.05. The lowest BCUT2D eigenvalue weighted by Gasteiger charge is -2.13. The highest BCUT2D eigenvalue weighted by Crippen LogP contribution is 2.32. The number of ether oxygens (including phenoxy) is 2. The van der Waals surface area contributed by atoms with Crippen LogP contribution in [0.4, 0.5) is 13.2 Å². The second-order valence-electron chi connectivity index (χ2n) is 2.74. The number of halogens is 3. The number of aromatic carboxylic acids is 1. The number of carboxylic acid groups (broad SMARTS) is 1. The monoisotopic (exact) mass is 253 g/mol. The third-order valence-electron chi connectivity index (χ3n) is 1.66. The van der Waals surface area contributed by atoms with E-state index in [-0.39, 0.29) is 0 Å². The molecule has 0 radical (unpaired) electrons. The van der Waals surface area contributed by atoms with E-state index in [9.17, 15) is 22.8 Å². The van der Waals surface area contributed by atoms with Crippen LogP contribution < -0.4 is 15.0 Å². The number of aromatic nitrogens is 1. The number of methoxy groups -OCH3 is 1. The summed E-state index contributed by atoms with van der Waals surface area (Å²) in [7, 11) is 1.00. The largest absolute Gasteiger partial charge is 0.573 e. The van der Waals surface area contributed by atoms with Crippen molar-refractivity contribution in [2.24, 2.45) is 0 Å². The Morgan fingerprint density at radius 3 is 2.47 bits per heavy atom. The summed E-state index contributed by atoms with van der Waals surface area (Å²) in [5, 5.41) is 8.64. The van der Waals surface area contributed by atoms with Gasteiger partial charge in [-0.25, -0.2) is 4.79 Å². The van der Waals surface area contributed by atoms with Crippen molar-refractivity contribution in [3.63, 3.8) is 0 Å². The number of H-pyrrole nitrogens is 1. The van der Waals surface area contributed by atoms with Crippen LogP contribution in [0.5, 0.6) is 11.5 Å². The highest BCUT2D eigenvalue weighted by molar-refractivity contribution is 5.91. The molecule has 0 fully saturated rings. The van der Waals surface area contributed by atoms with E-state index >= 15 is 0 Å². The zero-order valence-electron chi connectivity index (χ0n) is 8.29. The molecule has 1 aromatic rings. The molecule has 94 valence electrons. The minimum Gasteiger partial charge on any atom is -0.491 e. The number of rotatable bonds is 3. The number of carboxylic acids is 1. The molecule has 0 saturated carbocycles. The number of alkyl halides is 3. The molecule has 0 aromatic carbocycles. The topological polar surface area (TPSA) is 88.6 Å². The number of carbonyl (C=O) groups is 1. The first-order valence-electron chi connectivity index (χ1n) is 4.05. The van der Waals surface area contributed by atoms with Crippen LogP contribution >= 0.6 is 0 Å². The molecule has 2 N–H and O–H groups in total. The summed E-state index contributed by atoms with van der Waals surface area (Å²) in [4.78, 5) is 23.7. The fourth-order valence-electron chi connectivity index (χ4n) is 1.06.